The zero-order chi connectivity index (χ0) is 19.6. The first-order chi connectivity index (χ1) is 14.3. The van der Waals surface area contributed by atoms with Crippen LogP contribution in [0.2, 0.25) is 0 Å². The fourth-order valence-corrected chi connectivity index (χ4v) is 4.84. The number of anilines is 1. The molecule has 0 amide bonds. The number of ether oxygens (including phenoxy) is 2. The van der Waals surface area contributed by atoms with E-state index in [1.54, 1.807) is 6.20 Å². The Hall–Kier alpha value is -2.60. The van der Waals surface area contributed by atoms with Crippen LogP contribution in [0.3, 0.4) is 0 Å². The number of carbonyl (C=O) groups is 1. The van der Waals surface area contributed by atoms with Crippen molar-refractivity contribution in [1.29, 1.82) is 0 Å². The quantitative estimate of drug-likeness (QED) is 0.743. The number of carbonyl (C=O) groups excluding carboxylic acids is 1. The Morgan fingerprint density at radius 3 is 2.69 bits per heavy atom. The van der Waals surface area contributed by atoms with E-state index in [2.05, 4.69) is 26.9 Å². The van der Waals surface area contributed by atoms with E-state index in [9.17, 15) is 4.79 Å². The molecule has 2 saturated heterocycles. The Morgan fingerprint density at radius 1 is 1.00 bits per heavy atom. The predicted molar refractivity (Wildman–Crippen MR) is 111 cm³/mol. The molecule has 3 aliphatic heterocycles. The smallest absolute Gasteiger partial charge is 0.231 e. The van der Waals surface area contributed by atoms with Crippen molar-refractivity contribution in [3.05, 3.63) is 48.3 Å². The second kappa shape index (κ2) is 8.03. The molecular weight excluding hydrogens is 366 g/mol. The number of ketones is 1. The molecule has 6 nitrogen and oxygen atoms in total. The van der Waals surface area contributed by atoms with Crippen LogP contribution in [0.25, 0.3) is 0 Å². The monoisotopic (exact) mass is 393 g/mol. The van der Waals surface area contributed by atoms with Gasteiger partial charge in [-0.25, -0.2) is 0 Å². The van der Waals surface area contributed by atoms with Crippen LogP contribution in [0, 0.1) is 5.92 Å². The van der Waals surface area contributed by atoms with Gasteiger partial charge in [0.15, 0.2) is 17.3 Å². The summed E-state index contributed by atoms with van der Waals surface area (Å²) in [6, 6.07) is 12.4. The van der Waals surface area contributed by atoms with E-state index in [4.69, 9.17) is 9.47 Å². The Morgan fingerprint density at radius 2 is 1.86 bits per heavy atom. The molecule has 5 rings (SSSR count). The van der Waals surface area contributed by atoms with Crippen molar-refractivity contribution in [3.8, 4) is 11.5 Å². The Labute approximate surface area is 171 Å². The first-order valence-corrected chi connectivity index (χ1v) is 10.6. The minimum atomic E-state index is 0.0746. The second-order valence-corrected chi connectivity index (χ2v) is 8.17. The van der Waals surface area contributed by atoms with Crippen molar-refractivity contribution in [1.82, 2.24) is 9.88 Å². The number of fused-ring (bicyclic) bond motifs is 1. The normalized spacial score (nSPS) is 22.6. The van der Waals surface area contributed by atoms with Crippen molar-refractivity contribution in [2.24, 2.45) is 5.92 Å². The zero-order valence-corrected chi connectivity index (χ0v) is 16.6. The number of likely N-dealkylation sites (tertiary alicyclic amines) is 1. The number of Topliss-reactive ketones (excluding diaryl/α,β-unsaturated/α-hetero) is 1. The molecule has 1 atom stereocenters. The molecule has 152 valence electrons. The van der Waals surface area contributed by atoms with E-state index < -0.39 is 0 Å². The molecule has 0 spiro atoms. The van der Waals surface area contributed by atoms with Crippen LogP contribution in [0.5, 0.6) is 11.5 Å². The van der Waals surface area contributed by atoms with Crippen LogP contribution >= 0.6 is 0 Å². The van der Waals surface area contributed by atoms with Crippen LogP contribution in [-0.4, -0.2) is 54.7 Å². The lowest BCUT2D eigenvalue weighted by Crippen LogP contribution is -2.49. The molecule has 3 aliphatic rings. The fraction of sp³-hybridized carbons (Fsp3) is 0.478. The number of aromatic nitrogens is 1. The molecule has 1 unspecified atom stereocenters. The number of rotatable bonds is 4. The van der Waals surface area contributed by atoms with E-state index in [0.717, 1.165) is 63.4 Å². The molecule has 1 aromatic heterocycles. The summed E-state index contributed by atoms with van der Waals surface area (Å²) in [4.78, 5) is 22.1. The highest BCUT2D eigenvalue weighted by atomic mass is 16.7. The molecule has 6 heteroatoms. The molecule has 0 bridgehead atoms. The first kappa shape index (κ1) is 18.4. The van der Waals surface area contributed by atoms with Gasteiger partial charge in [-0.1, -0.05) is 6.07 Å². The van der Waals surface area contributed by atoms with Gasteiger partial charge in [-0.05, 0) is 56.5 Å². The van der Waals surface area contributed by atoms with E-state index in [1.807, 2.05) is 24.3 Å². The molecule has 0 radical (unpaired) electrons. The number of hydrogen-bond acceptors (Lipinski definition) is 6. The number of nitrogens with zero attached hydrogens (tertiary/aromatic N) is 3. The number of pyridine rings is 1. The largest absolute Gasteiger partial charge is 0.454 e. The van der Waals surface area contributed by atoms with Gasteiger partial charge in [-0.3, -0.25) is 14.7 Å². The molecule has 0 aliphatic carbocycles. The lowest BCUT2D eigenvalue weighted by molar-refractivity contribution is 0.0715. The van der Waals surface area contributed by atoms with Gasteiger partial charge in [0.1, 0.15) is 5.69 Å². The highest BCUT2D eigenvalue weighted by Gasteiger charge is 2.32. The van der Waals surface area contributed by atoms with E-state index in [-0.39, 0.29) is 11.7 Å². The van der Waals surface area contributed by atoms with Gasteiger partial charge in [0.05, 0.1) is 0 Å². The fourth-order valence-electron chi connectivity index (χ4n) is 4.84. The minimum Gasteiger partial charge on any atom is -0.454 e. The average molecular weight is 393 g/mol. The highest BCUT2D eigenvalue weighted by Crippen LogP contribution is 2.36. The summed E-state index contributed by atoms with van der Waals surface area (Å²) < 4.78 is 10.9. The maximum absolute atomic E-state index is 12.8. The van der Waals surface area contributed by atoms with E-state index in [1.165, 1.54) is 5.69 Å². The maximum atomic E-state index is 12.8. The Balaban J connectivity index is 1.19. The molecule has 0 N–H and O–H groups in total. The van der Waals surface area contributed by atoms with Crippen molar-refractivity contribution in [3.63, 3.8) is 0 Å². The lowest BCUT2D eigenvalue weighted by atomic mass is 9.89. The van der Waals surface area contributed by atoms with Crippen LogP contribution in [0.4, 0.5) is 5.69 Å². The van der Waals surface area contributed by atoms with Crippen LogP contribution in [0.1, 0.15) is 36.2 Å². The first-order valence-electron chi connectivity index (χ1n) is 10.6. The van der Waals surface area contributed by atoms with Gasteiger partial charge in [0.2, 0.25) is 6.79 Å². The van der Waals surface area contributed by atoms with Crippen molar-refractivity contribution in [2.75, 3.05) is 37.9 Å². The molecular formula is C23H27N3O3. The van der Waals surface area contributed by atoms with Gasteiger partial charge in [-0.2, -0.15) is 0 Å². The molecule has 2 aromatic rings. The van der Waals surface area contributed by atoms with Crippen molar-refractivity contribution in [2.45, 2.75) is 31.7 Å². The molecule has 29 heavy (non-hydrogen) atoms. The van der Waals surface area contributed by atoms with Gasteiger partial charge < -0.3 is 14.4 Å². The standard InChI is InChI=1S/C23H27N3O3/c27-23(20-5-1-2-10-24-20)17-4-3-11-26(15-17)18-8-12-25(13-9-18)19-6-7-21-22(14-19)29-16-28-21/h1-2,5-7,10,14,17-18H,3-4,8-9,11-13,15-16H2. The summed E-state index contributed by atoms with van der Waals surface area (Å²) in [7, 11) is 0. The SMILES string of the molecule is O=C(c1ccccn1)C1CCCN(C2CCN(c3ccc4c(c3)OCO4)CC2)C1. The molecule has 1 aromatic carbocycles. The molecule has 4 heterocycles. The topological polar surface area (TPSA) is 54.9 Å². The minimum absolute atomic E-state index is 0.0746. The lowest BCUT2D eigenvalue weighted by Gasteiger charge is -2.42. The second-order valence-electron chi connectivity index (χ2n) is 8.17. The highest BCUT2D eigenvalue weighted by molar-refractivity contribution is 5.96. The van der Waals surface area contributed by atoms with E-state index in [0.29, 0.717) is 18.5 Å². The van der Waals surface area contributed by atoms with Crippen molar-refractivity contribution < 1.29 is 14.3 Å². The number of hydrogen-bond donors (Lipinski definition) is 0. The predicted octanol–water partition coefficient (Wildman–Crippen LogP) is 3.37. The van der Waals surface area contributed by atoms with E-state index >= 15 is 0 Å². The summed E-state index contributed by atoms with van der Waals surface area (Å²) in [5.41, 5.74) is 1.81. The van der Waals surface area contributed by atoms with Crippen LogP contribution in [-0.2, 0) is 0 Å². The Kier molecular flexibility index (Phi) is 5.10. The third kappa shape index (κ3) is 3.81. The summed E-state index contributed by atoms with van der Waals surface area (Å²) in [6.07, 6.45) is 6.02. The zero-order valence-electron chi connectivity index (χ0n) is 16.6. The number of piperidine rings is 2. The van der Waals surface area contributed by atoms with Gasteiger partial charge in [0, 0.05) is 49.5 Å². The van der Waals surface area contributed by atoms with Gasteiger partial charge in [0.25, 0.3) is 0 Å². The summed E-state index contributed by atoms with van der Waals surface area (Å²) in [5, 5.41) is 0. The Bertz CT molecular complexity index is 865. The third-order valence-electron chi connectivity index (χ3n) is 6.44. The van der Waals surface area contributed by atoms with Crippen LogP contribution in [0.15, 0.2) is 42.6 Å². The van der Waals surface area contributed by atoms with Gasteiger partial charge >= 0.3 is 0 Å². The molecule has 2 fully saturated rings. The maximum Gasteiger partial charge on any atom is 0.231 e. The van der Waals surface area contributed by atoms with Crippen LogP contribution < -0.4 is 14.4 Å². The number of benzene rings is 1. The summed E-state index contributed by atoms with van der Waals surface area (Å²) in [5.74, 6) is 1.95. The molecule has 0 saturated carbocycles. The third-order valence-corrected chi connectivity index (χ3v) is 6.44. The summed E-state index contributed by atoms with van der Waals surface area (Å²) in [6.45, 7) is 4.33. The average Bonchev–Trinajstić information content (AvgIpc) is 3.27. The van der Waals surface area contributed by atoms with Crippen molar-refractivity contribution >= 4 is 11.5 Å². The van der Waals surface area contributed by atoms with Gasteiger partial charge in [-0.15, -0.1) is 0 Å². The summed E-state index contributed by atoms with van der Waals surface area (Å²) >= 11 is 0.